The molecular weight excluding hydrogens is 817 g/mol. The van der Waals surface area contributed by atoms with E-state index >= 15 is 0 Å². The van der Waals surface area contributed by atoms with Crippen molar-refractivity contribution in [2.24, 2.45) is 37.1 Å². The van der Waals surface area contributed by atoms with E-state index in [4.69, 9.17) is 15.2 Å². The molecule has 4 heterocycles. The van der Waals surface area contributed by atoms with Gasteiger partial charge in [0.15, 0.2) is 11.6 Å². The van der Waals surface area contributed by atoms with Crippen LogP contribution in [-0.2, 0) is 72.6 Å². The Morgan fingerprint density at radius 2 is 1.11 bits per heavy atom. The van der Waals surface area contributed by atoms with E-state index in [9.17, 15) is 19.2 Å². The van der Waals surface area contributed by atoms with Gasteiger partial charge in [0.25, 0.3) is 0 Å². The normalized spacial score (nSPS) is 16.2. The second kappa shape index (κ2) is 18.8. The Bertz CT molecular complexity index is 2560. The number of esters is 2. The lowest BCUT2D eigenvalue weighted by molar-refractivity contribution is -0.727. The van der Waals surface area contributed by atoms with E-state index in [1.165, 1.54) is 0 Å². The van der Waals surface area contributed by atoms with E-state index in [-0.39, 0.29) is 67.6 Å². The van der Waals surface area contributed by atoms with Crippen LogP contribution in [0.1, 0.15) is 86.0 Å². The predicted molar refractivity (Wildman–Crippen MR) is 236 cm³/mol. The summed E-state index contributed by atoms with van der Waals surface area (Å²) in [5.41, 5.74) is 10.5. The van der Waals surface area contributed by atoms with Gasteiger partial charge >= 0.3 is 11.9 Å². The average molecular weight is 877 g/mol. The molecule has 0 radical (unpaired) electrons. The number of hydrogen-bond donors (Lipinski definition) is 1. The number of nitrogens with zero attached hydrogens (tertiary/aromatic N) is 6. The lowest BCUT2D eigenvalue weighted by Gasteiger charge is -2.20. The number of imidazole rings is 2. The number of ketones is 2. The third kappa shape index (κ3) is 9.64. The Morgan fingerprint density at radius 1 is 0.705 bits per heavy atom. The zero-order chi connectivity index (χ0) is 42.2. The van der Waals surface area contributed by atoms with Crippen LogP contribution in [0.3, 0.4) is 0 Å². The van der Waals surface area contributed by atoms with Gasteiger partial charge < -0.3 is 24.3 Å². The van der Waals surface area contributed by atoms with Crippen LogP contribution in [0.25, 0.3) is 21.8 Å². The number of aryl methyl sites for hydroxylation is 2. The predicted octanol–water partition coefficient (Wildman–Crippen LogP) is 6.44. The molecule has 0 bridgehead atoms. The first-order chi connectivity index (χ1) is 28.1. The summed E-state index contributed by atoms with van der Waals surface area (Å²) < 4.78 is 22.6. The third-order valence-electron chi connectivity index (χ3n) is 12.2. The van der Waals surface area contributed by atoms with E-state index in [0.29, 0.717) is 13.1 Å². The number of Topliss-reactive ketones (excluding diaryl/α,β-unsaturated/α-hetero) is 2. The van der Waals surface area contributed by atoms with Gasteiger partial charge in [0, 0.05) is 58.4 Å². The minimum atomic E-state index is -1.02. The van der Waals surface area contributed by atoms with Gasteiger partial charge in [-0.3, -0.25) is 14.4 Å². The molecule has 2 unspecified atom stereocenters. The highest BCUT2D eigenvalue weighted by molar-refractivity contribution is 6.12. The van der Waals surface area contributed by atoms with E-state index in [2.05, 4.69) is 21.3 Å². The summed E-state index contributed by atoms with van der Waals surface area (Å²) in [6.45, 7) is 10.5. The van der Waals surface area contributed by atoms with Crippen LogP contribution < -0.4 is 14.9 Å². The zero-order valence-electron chi connectivity index (χ0n) is 36.1. The van der Waals surface area contributed by atoms with Gasteiger partial charge in [-0.05, 0) is 71.9 Å². The molecule has 0 aliphatic heterocycles. The molecule has 0 saturated heterocycles. The van der Waals surface area contributed by atoms with Crippen LogP contribution in [-0.4, -0.2) is 47.3 Å². The van der Waals surface area contributed by atoms with Gasteiger partial charge in [0.1, 0.15) is 43.4 Å². The summed E-state index contributed by atoms with van der Waals surface area (Å²) >= 11 is 0. The van der Waals surface area contributed by atoms with E-state index in [0.717, 1.165) is 76.4 Å². The lowest BCUT2D eigenvalue weighted by Crippen LogP contribution is -2.45. The van der Waals surface area contributed by atoms with Crippen molar-refractivity contribution in [1.29, 1.82) is 0 Å². The van der Waals surface area contributed by atoms with Crippen LogP contribution in [0.4, 0.5) is 0 Å². The first kappa shape index (κ1) is 46.8. The number of ether oxygens (including phenoxy) is 2. The molecule has 0 fully saturated rings. The standard InChI is InChI=1S/C24H30N3O3.C22H27N4O3.2ClH/c1-5-24(2,3)23(29)30-16-27-13-12-26(15-27)14-17-10-11-20-21(22(17)28)18-8-6-7-9-19(18)25(20)4;1-22(2,23)21(28)29-14-26-11-10-25(13-26)12-15-8-9-18-19(20(15)27)16-6-4-5-7-17(16)24(18)3;;/h6-9,12-13,15,17H,5,10-11,14,16H2,1-4H3;4-7,10-11,13,15H,8-9,12,14,23H2,1-3H3;2*1H/q2*+1;;. The summed E-state index contributed by atoms with van der Waals surface area (Å²) in [4.78, 5) is 50.6. The van der Waals surface area contributed by atoms with E-state index in [1.54, 1.807) is 18.4 Å². The topological polar surface area (TPSA) is 140 Å². The van der Waals surface area contributed by atoms with Crippen molar-refractivity contribution >= 4 is 70.1 Å². The van der Waals surface area contributed by atoms with Crippen molar-refractivity contribution in [2.45, 2.75) is 98.8 Å². The van der Waals surface area contributed by atoms with Crippen LogP contribution in [0, 0.1) is 17.3 Å². The van der Waals surface area contributed by atoms with Gasteiger partial charge in [-0.2, -0.15) is 0 Å². The molecule has 2 N–H and O–H groups in total. The fourth-order valence-electron chi connectivity index (χ4n) is 8.22. The Balaban J connectivity index is 0.000000224. The zero-order valence-corrected chi connectivity index (χ0v) is 37.8. The maximum atomic E-state index is 13.3. The first-order valence-electron chi connectivity index (χ1n) is 20.5. The van der Waals surface area contributed by atoms with Crippen LogP contribution >= 0.6 is 24.8 Å². The van der Waals surface area contributed by atoms with Crippen LogP contribution in [0.15, 0.2) is 86.0 Å². The molecule has 0 amide bonds. The molecule has 2 aromatic carbocycles. The summed E-state index contributed by atoms with van der Waals surface area (Å²) in [6.07, 6.45) is 15.5. The fourth-order valence-corrected chi connectivity index (χ4v) is 8.22. The smallest absolute Gasteiger partial charge is 0.328 e. The first-order valence-corrected chi connectivity index (χ1v) is 20.5. The second-order valence-corrected chi connectivity index (χ2v) is 17.3. The number of halogens is 2. The number of carbonyl (C=O) groups excluding carboxylic acids is 4. The molecule has 2 aliphatic rings. The number of benzene rings is 2. The van der Waals surface area contributed by atoms with Crippen LogP contribution in [0.5, 0.6) is 0 Å². The van der Waals surface area contributed by atoms with Crippen molar-refractivity contribution in [3.05, 3.63) is 108 Å². The quantitative estimate of drug-likeness (QED) is 0.117. The highest BCUT2D eigenvalue weighted by Gasteiger charge is 2.35. The highest BCUT2D eigenvalue weighted by atomic mass is 35.5. The molecule has 8 rings (SSSR count). The largest absolute Gasteiger partial charge is 0.424 e. The lowest BCUT2D eigenvalue weighted by atomic mass is 9.85. The van der Waals surface area contributed by atoms with Crippen LogP contribution in [0.2, 0.25) is 0 Å². The van der Waals surface area contributed by atoms with E-state index in [1.807, 2.05) is 122 Å². The van der Waals surface area contributed by atoms with Gasteiger partial charge in [-0.1, -0.05) is 43.3 Å². The number of nitrogens with two attached hydrogens (primary N) is 1. The van der Waals surface area contributed by atoms with Crippen molar-refractivity contribution < 1.29 is 37.8 Å². The molecule has 4 aromatic heterocycles. The number of aromatic nitrogens is 6. The van der Waals surface area contributed by atoms with Gasteiger partial charge in [-0.25, -0.2) is 23.1 Å². The van der Waals surface area contributed by atoms with Crippen molar-refractivity contribution in [3.8, 4) is 0 Å². The molecule has 2 aliphatic carbocycles. The molecule has 0 spiro atoms. The number of hydrogen-bond acceptors (Lipinski definition) is 7. The maximum absolute atomic E-state index is 13.3. The summed E-state index contributed by atoms with van der Waals surface area (Å²) in [6, 6.07) is 16.2. The number of para-hydroxylation sites is 2. The SMILES string of the molecule is CCC(C)(C)C(=O)OC[n+]1ccn(CC2CCc3c(c4ccccc4n3C)C2=O)c1.Cl.Cl.Cn1c2c(c3ccccc31)C(=O)C(Cn1cc[n+](COC(=O)C(C)(C)N)c1)CC2. The van der Waals surface area contributed by atoms with Crippen molar-refractivity contribution in [1.82, 2.24) is 18.3 Å². The summed E-state index contributed by atoms with van der Waals surface area (Å²) in [7, 11) is 4.08. The van der Waals surface area contributed by atoms with Crippen molar-refractivity contribution in [3.63, 3.8) is 0 Å². The molecule has 0 saturated carbocycles. The molecule has 15 heteroatoms. The van der Waals surface area contributed by atoms with Gasteiger partial charge in [0.05, 0.1) is 17.3 Å². The Labute approximate surface area is 369 Å². The Hall–Kier alpha value is -5.24. The Morgan fingerprint density at radius 3 is 1.52 bits per heavy atom. The second-order valence-electron chi connectivity index (χ2n) is 17.3. The molecule has 2 atom stereocenters. The molecule has 326 valence electrons. The summed E-state index contributed by atoms with van der Waals surface area (Å²) in [5, 5.41) is 2.09. The number of fused-ring (bicyclic) bond motifs is 6. The third-order valence-corrected chi connectivity index (χ3v) is 12.2. The highest BCUT2D eigenvalue weighted by Crippen LogP contribution is 2.35. The molecule has 13 nitrogen and oxygen atoms in total. The minimum absolute atomic E-state index is 0. The van der Waals surface area contributed by atoms with Crippen molar-refractivity contribution in [2.75, 3.05) is 0 Å². The maximum Gasteiger partial charge on any atom is 0.328 e. The Kier molecular flexibility index (Phi) is 14.4. The monoisotopic (exact) mass is 875 g/mol. The molecule has 61 heavy (non-hydrogen) atoms. The molecule has 6 aromatic rings. The van der Waals surface area contributed by atoms with E-state index < -0.39 is 16.9 Å². The number of rotatable bonds is 11. The van der Waals surface area contributed by atoms with Gasteiger partial charge in [0.2, 0.25) is 26.1 Å². The number of carbonyl (C=O) groups is 4. The minimum Gasteiger partial charge on any atom is -0.424 e. The fraction of sp³-hybridized carbons (Fsp3) is 0.435. The summed E-state index contributed by atoms with van der Waals surface area (Å²) in [5.74, 6) is -0.339. The molecular formula is C46H59Cl2N7O6+2. The van der Waals surface area contributed by atoms with Gasteiger partial charge in [-0.15, -0.1) is 24.8 Å². The average Bonchev–Trinajstić information content (AvgIpc) is 4.00.